The molecule has 3 nitrogen and oxygen atoms in total. The second kappa shape index (κ2) is 5.98. The average molecular weight is 308 g/mol. The predicted octanol–water partition coefficient (Wildman–Crippen LogP) is 3.22. The van der Waals surface area contributed by atoms with Gasteiger partial charge < -0.3 is 9.84 Å². The van der Waals surface area contributed by atoms with Gasteiger partial charge in [-0.25, -0.2) is 0 Å². The van der Waals surface area contributed by atoms with E-state index in [1.54, 1.807) is 6.20 Å². The van der Waals surface area contributed by atoms with Crippen LogP contribution >= 0.6 is 15.9 Å². The Kier molecular flexibility index (Phi) is 4.33. The Hall–Kier alpha value is -1.39. The third-order valence-electron chi connectivity index (χ3n) is 2.58. The number of ether oxygens (including phenoxy) is 1. The molecule has 1 aromatic heterocycles. The first-order valence-corrected chi connectivity index (χ1v) is 6.42. The summed E-state index contributed by atoms with van der Waals surface area (Å²) in [5, 5.41) is 9.35. The van der Waals surface area contributed by atoms with Crippen molar-refractivity contribution >= 4 is 15.9 Å². The number of aryl methyl sites for hydroxylation is 1. The highest BCUT2D eigenvalue weighted by molar-refractivity contribution is 9.10. The van der Waals surface area contributed by atoms with Crippen molar-refractivity contribution in [1.29, 1.82) is 0 Å². The molecule has 18 heavy (non-hydrogen) atoms. The summed E-state index contributed by atoms with van der Waals surface area (Å²) in [5.74, 6) is 0.728. The number of halogens is 1. The summed E-state index contributed by atoms with van der Waals surface area (Å²) < 4.78 is 6.70. The van der Waals surface area contributed by atoms with Crippen LogP contribution in [0.15, 0.2) is 41.0 Å². The maximum Gasteiger partial charge on any atom is 0.130 e. The molecule has 4 heteroatoms. The van der Waals surface area contributed by atoms with Crippen molar-refractivity contribution < 1.29 is 9.84 Å². The Labute approximate surface area is 115 Å². The lowest BCUT2D eigenvalue weighted by atomic mass is 10.1. The predicted molar refractivity (Wildman–Crippen MR) is 73.4 cm³/mol. The van der Waals surface area contributed by atoms with Gasteiger partial charge in [0, 0.05) is 16.2 Å². The molecule has 0 spiro atoms. The molecule has 0 radical (unpaired) electrons. The SMILES string of the molecule is Cc1cc(Br)cc(CO)c1OCc1ccccn1. The van der Waals surface area contributed by atoms with Crippen molar-refractivity contribution in [3.63, 3.8) is 0 Å². The molecule has 0 saturated carbocycles. The summed E-state index contributed by atoms with van der Waals surface area (Å²) in [6.07, 6.45) is 1.74. The van der Waals surface area contributed by atoms with E-state index < -0.39 is 0 Å². The van der Waals surface area contributed by atoms with Gasteiger partial charge in [0.15, 0.2) is 0 Å². The zero-order valence-corrected chi connectivity index (χ0v) is 11.6. The number of nitrogens with zero attached hydrogens (tertiary/aromatic N) is 1. The van der Waals surface area contributed by atoms with Gasteiger partial charge in [-0.05, 0) is 36.8 Å². The van der Waals surface area contributed by atoms with Crippen molar-refractivity contribution in [3.8, 4) is 5.75 Å². The highest BCUT2D eigenvalue weighted by atomic mass is 79.9. The van der Waals surface area contributed by atoms with Crippen molar-refractivity contribution in [2.45, 2.75) is 20.1 Å². The molecule has 0 saturated heterocycles. The molecule has 0 fully saturated rings. The summed E-state index contributed by atoms with van der Waals surface area (Å²) >= 11 is 3.40. The Balaban J connectivity index is 2.19. The van der Waals surface area contributed by atoms with Crippen molar-refractivity contribution in [2.24, 2.45) is 0 Å². The molecule has 0 amide bonds. The van der Waals surface area contributed by atoms with Gasteiger partial charge in [-0.3, -0.25) is 4.98 Å². The minimum Gasteiger partial charge on any atom is -0.487 e. The van der Waals surface area contributed by atoms with Crippen molar-refractivity contribution in [3.05, 3.63) is 57.8 Å². The number of hydrogen-bond donors (Lipinski definition) is 1. The number of aromatic nitrogens is 1. The van der Waals surface area contributed by atoms with E-state index in [0.717, 1.165) is 27.0 Å². The summed E-state index contributed by atoms with van der Waals surface area (Å²) in [6.45, 7) is 2.31. The third-order valence-corrected chi connectivity index (χ3v) is 3.04. The van der Waals surface area contributed by atoms with E-state index in [-0.39, 0.29) is 6.61 Å². The summed E-state index contributed by atoms with van der Waals surface area (Å²) in [5.41, 5.74) is 2.63. The highest BCUT2D eigenvalue weighted by Gasteiger charge is 2.08. The van der Waals surface area contributed by atoms with Crippen LogP contribution in [0.4, 0.5) is 0 Å². The summed E-state index contributed by atoms with van der Waals surface area (Å²) in [7, 11) is 0. The van der Waals surface area contributed by atoms with E-state index in [1.165, 1.54) is 0 Å². The molecular weight excluding hydrogens is 294 g/mol. The number of rotatable bonds is 4. The van der Waals surface area contributed by atoms with Crippen molar-refractivity contribution in [1.82, 2.24) is 4.98 Å². The Morgan fingerprint density at radius 2 is 2.17 bits per heavy atom. The molecule has 0 aliphatic heterocycles. The summed E-state index contributed by atoms with van der Waals surface area (Å²) in [6, 6.07) is 9.53. The minimum atomic E-state index is -0.0438. The minimum absolute atomic E-state index is 0.0438. The van der Waals surface area contributed by atoms with Crippen LogP contribution in [0.1, 0.15) is 16.8 Å². The van der Waals surface area contributed by atoms with Crippen LogP contribution in [0, 0.1) is 6.92 Å². The zero-order valence-electron chi connectivity index (χ0n) is 10.1. The molecule has 1 heterocycles. The lowest BCUT2D eigenvalue weighted by molar-refractivity contribution is 0.256. The Bertz CT molecular complexity index is 529. The van der Waals surface area contributed by atoms with E-state index in [0.29, 0.717) is 6.61 Å². The number of pyridine rings is 1. The van der Waals surface area contributed by atoms with Gasteiger partial charge in [-0.1, -0.05) is 22.0 Å². The van der Waals surface area contributed by atoms with Gasteiger partial charge in [0.1, 0.15) is 12.4 Å². The maximum absolute atomic E-state index is 9.35. The van der Waals surface area contributed by atoms with Crippen LogP contribution in [0.3, 0.4) is 0 Å². The second-order valence-corrected chi connectivity index (χ2v) is 4.89. The number of aliphatic hydroxyl groups is 1. The number of hydrogen-bond acceptors (Lipinski definition) is 3. The Morgan fingerprint density at radius 1 is 1.33 bits per heavy atom. The lowest BCUT2D eigenvalue weighted by Gasteiger charge is -2.13. The second-order valence-electron chi connectivity index (χ2n) is 3.98. The van der Waals surface area contributed by atoms with Gasteiger partial charge >= 0.3 is 0 Å². The van der Waals surface area contributed by atoms with Crippen LogP contribution in [0.5, 0.6) is 5.75 Å². The first-order chi connectivity index (χ1) is 8.70. The molecular formula is C14H14BrNO2. The molecule has 0 aliphatic carbocycles. The molecule has 94 valence electrons. The number of aliphatic hydroxyl groups excluding tert-OH is 1. The first kappa shape index (κ1) is 13.1. The highest BCUT2D eigenvalue weighted by Crippen LogP contribution is 2.28. The van der Waals surface area contributed by atoms with E-state index in [9.17, 15) is 5.11 Å². The standard InChI is InChI=1S/C14H14BrNO2/c1-10-6-12(15)7-11(8-17)14(10)18-9-13-4-2-3-5-16-13/h2-7,17H,8-9H2,1H3. The largest absolute Gasteiger partial charge is 0.487 e. The van der Waals surface area contributed by atoms with E-state index in [2.05, 4.69) is 20.9 Å². The quantitative estimate of drug-likeness (QED) is 0.943. The first-order valence-electron chi connectivity index (χ1n) is 5.63. The van der Waals surface area contributed by atoms with Gasteiger partial charge in [0.2, 0.25) is 0 Å². The average Bonchev–Trinajstić information content (AvgIpc) is 2.38. The van der Waals surface area contributed by atoms with Crippen LogP contribution in [0.2, 0.25) is 0 Å². The normalized spacial score (nSPS) is 10.4. The molecule has 2 aromatic rings. The van der Waals surface area contributed by atoms with E-state index in [1.807, 2.05) is 37.3 Å². The molecule has 2 rings (SSSR count). The molecule has 0 unspecified atom stereocenters. The fourth-order valence-electron chi connectivity index (χ4n) is 1.75. The Morgan fingerprint density at radius 3 is 2.83 bits per heavy atom. The summed E-state index contributed by atoms with van der Waals surface area (Å²) in [4.78, 5) is 4.20. The fourth-order valence-corrected chi connectivity index (χ4v) is 2.37. The van der Waals surface area contributed by atoms with Gasteiger partial charge in [0.25, 0.3) is 0 Å². The van der Waals surface area contributed by atoms with Crippen LogP contribution in [-0.2, 0) is 13.2 Å². The lowest BCUT2D eigenvalue weighted by Crippen LogP contribution is -2.02. The van der Waals surface area contributed by atoms with Crippen LogP contribution in [-0.4, -0.2) is 10.1 Å². The number of benzene rings is 1. The van der Waals surface area contributed by atoms with Gasteiger partial charge in [-0.15, -0.1) is 0 Å². The van der Waals surface area contributed by atoms with Gasteiger partial charge in [0.05, 0.1) is 12.3 Å². The fraction of sp³-hybridized carbons (Fsp3) is 0.214. The smallest absolute Gasteiger partial charge is 0.130 e. The van der Waals surface area contributed by atoms with E-state index in [4.69, 9.17) is 4.74 Å². The molecule has 0 atom stereocenters. The van der Waals surface area contributed by atoms with E-state index >= 15 is 0 Å². The zero-order chi connectivity index (χ0) is 13.0. The van der Waals surface area contributed by atoms with Crippen LogP contribution in [0.25, 0.3) is 0 Å². The topological polar surface area (TPSA) is 42.4 Å². The monoisotopic (exact) mass is 307 g/mol. The molecule has 1 aromatic carbocycles. The molecule has 0 bridgehead atoms. The maximum atomic E-state index is 9.35. The molecule has 0 aliphatic rings. The third kappa shape index (κ3) is 3.09. The van der Waals surface area contributed by atoms with Crippen LogP contribution < -0.4 is 4.74 Å². The molecule has 1 N–H and O–H groups in total. The van der Waals surface area contributed by atoms with Gasteiger partial charge in [-0.2, -0.15) is 0 Å². The van der Waals surface area contributed by atoms with Crippen molar-refractivity contribution in [2.75, 3.05) is 0 Å².